The monoisotopic (exact) mass is 220 g/mol. The van der Waals surface area contributed by atoms with Crippen LogP contribution in [-0.2, 0) is 0 Å². The van der Waals surface area contributed by atoms with Gasteiger partial charge in [0, 0.05) is 23.5 Å². The van der Waals surface area contributed by atoms with Crippen molar-refractivity contribution in [1.82, 2.24) is 10.3 Å². The van der Waals surface area contributed by atoms with E-state index in [4.69, 9.17) is 0 Å². The molecule has 0 amide bonds. The maximum absolute atomic E-state index is 4.39. The van der Waals surface area contributed by atoms with E-state index in [-0.39, 0.29) is 0 Å². The maximum Gasteiger partial charge on any atom is 0.0962 e. The van der Waals surface area contributed by atoms with Crippen molar-refractivity contribution in [3.8, 4) is 0 Å². The van der Waals surface area contributed by atoms with E-state index in [2.05, 4.69) is 22.4 Å². The number of fused-ring (bicyclic) bond motifs is 2. The van der Waals surface area contributed by atoms with E-state index >= 15 is 0 Å². The number of piperidine rings is 1. The van der Waals surface area contributed by atoms with Crippen LogP contribution in [0.3, 0.4) is 0 Å². The molecule has 1 aromatic heterocycles. The summed E-state index contributed by atoms with van der Waals surface area (Å²) in [4.78, 5) is 4.39. The van der Waals surface area contributed by atoms with E-state index in [9.17, 15) is 0 Å². The van der Waals surface area contributed by atoms with Gasteiger partial charge < -0.3 is 5.32 Å². The van der Waals surface area contributed by atoms with Crippen LogP contribution in [0, 0.1) is 0 Å². The van der Waals surface area contributed by atoms with E-state index in [1.165, 1.54) is 30.7 Å². The van der Waals surface area contributed by atoms with Crippen molar-refractivity contribution < 1.29 is 0 Å². The summed E-state index contributed by atoms with van der Waals surface area (Å²) in [6, 6.07) is 7.74. The Bertz CT molecular complexity index is 316. The fraction of sp³-hybridized carbons (Fsp3) is 0.583. The van der Waals surface area contributed by atoms with E-state index in [1.807, 2.05) is 24.0 Å². The summed E-state index contributed by atoms with van der Waals surface area (Å²) < 4.78 is 0. The summed E-state index contributed by atoms with van der Waals surface area (Å²) in [5, 5.41) is 5.63. The van der Waals surface area contributed by atoms with Crippen LogP contribution in [-0.4, -0.2) is 22.3 Å². The number of hydrogen-bond acceptors (Lipinski definition) is 3. The first kappa shape index (κ1) is 9.67. The van der Waals surface area contributed by atoms with Gasteiger partial charge in [-0.05, 0) is 37.8 Å². The first-order valence-electron chi connectivity index (χ1n) is 5.74. The normalized spacial score (nSPS) is 34.3. The summed E-state index contributed by atoms with van der Waals surface area (Å²) in [6.45, 7) is 0. The molecule has 2 saturated heterocycles. The van der Waals surface area contributed by atoms with Gasteiger partial charge >= 0.3 is 0 Å². The number of thioether (sulfide) groups is 1. The number of pyridine rings is 1. The highest BCUT2D eigenvalue weighted by atomic mass is 32.2. The predicted molar refractivity (Wildman–Crippen MR) is 63.1 cm³/mol. The molecule has 2 atom stereocenters. The summed E-state index contributed by atoms with van der Waals surface area (Å²) in [6.07, 6.45) is 7.28. The molecular weight excluding hydrogens is 204 g/mol. The van der Waals surface area contributed by atoms with Crippen LogP contribution < -0.4 is 5.32 Å². The highest BCUT2D eigenvalue weighted by Gasteiger charge is 2.33. The first-order chi connectivity index (χ1) is 7.40. The second-order valence-electron chi connectivity index (χ2n) is 4.52. The Morgan fingerprint density at radius 1 is 1.20 bits per heavy atom. The van der Waals surface area contributed by atoms with Crippen molar-refractivity contribution in [3.05, 3.63) is 24.4 Å². The molecule has 1 aromatic rings. The Balaban J connectivity index is 1.65. The molecule has 3 heteroatoms. The Labute approximate surface area is 94.9 Å². The first-order valence-corrected chi connectivity index (χ1v) is 6.62. The quantitative estimate of drug-likeness (QED) is 0.828. The van der Waals surface area contributed by atoms with Gasteiger partial charge in [0.25, 0.3) is 0 Å². The minimum absolute atomic E-state index is 0.777. The molecule has 80 valence electrons. The molecule has 15 heavy (non-hydrogen) atoms. The topological polar surface area (TPSA) is 24.9 Å². The van der Waals surface area contributed by atoms with Crippen LogP contribution in [0.15, 0.2) is 29.4 Å². The lowest BCUT2D eigenvalue weighted by molar-refractivity contribution is 0.414. The molecule has 3 rings (SSSR count). The lowest BCUT2D eigenvalue weighted by Gasteiger charge is -2.28. The van der Waals surface area contributed by atoms with Crippen molar-refractivity contribution in [2.45, 2.75) is 48.0 Å². The lowest BCUT2D eigenvalue weighted by Crippen LogP contribution is -2.39. The van der Waals surface area contributed by atoms with E-state index < -0.39 is 0 Å². The Kier molecular flexibility index (Phi) is 2.67. The third kappa shape index (κ3) is 2.18. The summed E-state index contributed by atoms with van der Waals surface area (Å²) in [7, 11) is 0. The standard InChI is InChI=1S/C12H16N2S/c1-2-6-13-12(3-1)15-11-7-9-4-5-10(8-11)14-9/h1-3,6,9-11,14H,4-5,7-8H2. The minimum Gasteiger partial charge on any atom is -0.311 e. The molecule has 2 bridgehead atoms. The Hall–Kier alpha value is -0.540. The number of aromatic nitrogens is 1. The third-order valence-electron chi connectivity index (χ3n) is 3.35. The number of hydrogen-bond donors (Lipinski definition) is 1. The third-order valence-corrected chi connectivity index (χ3v) is 4.56. The second kappa shape index (κ2) is 4.14. The molecule has 2 aliphatic rings. The van der Waals surface area contributed by atoms with Crippen molar-refractivity contribution in [2.75, 3.05) is 0 Å². The largest absolute Gasteiger partial charge is 0.311 e. The van der Waals surface area contributed by atoms with Crippen LogP contribution in [0.1, 0.15) is 25.7 Å². The zero-order valence-electron chi connectivity index (χ0n) is 8.73. The van der Waals surface area contributed by atoms with Crippen molar-refractivity contribution in [2.24, 2.45) is 0 Å². The minimum atomic E-state index is 0.777. The maximum atomic E-state index is 4.39. The van der Waals surface area contributed by atoms with Gasteiger partial charge in [-0.25, -0.2) is 4.98 Å². The van der Waals surface area contributed by atoms with Crippen molar-refractivity contribution in [1.29, 1.82) is 0 Å². The number of rotatable bonds is 2. The average Bonchev–Trinajstić information content (AvgIpc) is 2.60. The van der Waals surface area contributed by atoms with Gasteiger partial charge in [0.2, 0.25) is 0 Å². The van der Waals surface area contributed by atoms with Crippen LogP contribution in [0.5, 0.6) is 0 Å². The molecule has 0 saturated carbocycles. The molecule has 2 fully saturated rings. The molecule has 2 aliphatic heterocycles. The molecule has 2 nitrogen and oxygen atoms in total. The molecule has 0 aromatic carbocycles. The number of nitrogens with zero attached hydrogens (tertiary/aromatic N) is 1. The van der Waals surface area contributed by atoms with Crippen LogP contribution >= 0.6 is 11.8 Å². The van der Waals surface area contributed by atoms with Gasteiger partial charge in [0.15, 0.2) is 0 Å². The van der Waals surface area contributed by atoms with Gasteiger partial charge in [0.1, 0.15) is 0 Å². The second-order valence-corrected chi connectivity index (χ2v) is 5.84. The lowest BCUT2D eigenvalue weighted by atomic mass is 10.1. The molecule has 0 aliphatic carbocycles. The smallest absolute Gasteiger partial charge is 0.0962 e. The fourth-order valence-corrected chi connectivity index (χ4v) is 3.97. The van der Waals surface area contributed by atoms with Crippen LogP contribution in [0.4, 0.5) is 0 Å². The van der Waals surface area contributed by atoms with Gasteiger partial charge in [-0.3, -0.25) is 0 Å². The molecule has 2 unspecified atom stereocenters. The van der Waals surface area contributed by atoms with Gasteiger partial charge in [-0.15, -0.1) is 11.8 Å². The predicted octanol–water partition coefficient (Wildman–Crippen LogP) is 2.46. The van der Waals surface area contributed by atoms with Gasteiger partial charge in [0.05, 0.1) is 5.03 Å². The zero-order valence-corrected chi connectivity index (χ0v) is 9.54. The molecule has 0 radical (unpaired) electrons. The Morgan fingerprint density at radius 2 is 2.00 bits per heavy atom. The van der Waals surface area contributed by atoms with Crippen molar-refractivity contribution in [3.63, 3.8) is 0 Å². The van der Waals surface area contributed by atoms with Gasteiger partial charge in [-0.2, -0.15) is 0 Å². The van der Waals surface area contributed by atoms with Crippen LogP contribution in [0.2, 0.25) is 0 Å². The SMILES string of the molecule is c1ccc(SC2CC3CCC(C2)N3)nc1. The summed E-state index contributed by atoms with van der Waals surface area (Å²) >= 11 is 1.96. The summed E-state index contributed by atoms with van der Waals surface area (Å²) in [5.41, 5.74) is 0. The highest BCUT2D eigenvalue weighted by molar-refractivity contribution is 7.99. The average molecular weight is 220 g/mol. The van der Waals surface area contributed by atoms with Gasteiger partial charge in [-0.1, -0.05) is 6.07 Å². The van der Waals surface area contributed by atoms with Crippen LogP contribution in [0.25, 0.3) is 0 Å². The Morgan fingerprint density at radius 3 is 2.67 bits per heavy atom. The molecule has 0 spiro atoms. The highest BCUT2D eigenvalue weighted by Crippen LogP contribution is 2.36. The number of nitrogens with one attached hydrogen (secondary N) is 1. The van der Waals surface area contributed by atoms with E-state index in [0.29, 0.717) is 0 Å². The zero-order chi connectivity index (χ0) is 10.1. The molecule has 1 N–H and O–H groups in total. The summed E-state index contributed by atoms with van der Waals surface area (Å²) in [5.74, 6) is 0. The fourth-order valence-electron chi connectivity index (χ4n) is 2.69. The molecule has 3 heterocycles. The van der Waals surface area contributed by atoms with E-state index in [0.717, 1.165) is 17.3 Å². The van der Waals surface area contributed by atoms with E-state index in [1.54, 1.807) is 0 Å². The van der Waals surface area contributed by atoms with Crippen molar-refractivity contribution >= 4 is 11.8 Å². The molecular formula is C12H16N2S.